The fourth-order valence-corrected chi connectivity index (χ4v) is 1.30. The van der Waals surface area contributed by atoms with Crippen LogP contribution in [0.2, 0.25) is 0 Å². The first-order valence-electron chi connectivity index (χ1n) is 3.78. The number of hydrogen-bond donors (Lipinski definition) is 2. The van der Waals surface area contributed by atoms with E-state index in [1.165, 1.54) is 0 Å². The summed E-state index contributed by atoms with van der Waals surface area (Å²) in [5.74, 6) is 0. The number of aliphatic hydroxyl groups is 2. The highest BCUT2D eigenvalue weighted by Crippen LogP contribution is 2.25. The van der Waals surface area contributed by atoms with Gasteiger partial charge < -0.3 is 10.2 Å². The van der Waals surface area contributed by atoms with Crippen molar-refractivity contribution in [2.75, 3.05) is 0 Å². The van der Waals surface area contributed by atoms with Crippen LogP contribution in [0.3, 0.4) is 0 Å². The van der Waals surface area contributed by atoms with Gasteiger partial charge in [0.2, 0.25) is 0 Å². The highest BCUT2D eigenvalue weighted by molar-refractivity contribution is 5.54. The molecule has 0 saturated carbocycles. The third-order valence-corrected chi connectivity index (χ3v) is 1.96. The smallest absolute Gasteiger partial charge is 0.111 e. The minimum Gasteiger partial charge on any atom is -0.386 e. The molecule has 2 rings (SSSR count). The van der Waals surface area contributed by atoms with Crippen LogP contribution < -0.4 is 0 Å². The molecule has 0 amide bonds. The quantitative estimate of drug-likeness (QED) is 0.585. The van der Waals surface area contributed by atoms with Gasteiger partial charge in [0.15, 0.2) is 0 Å². The number of hydrogen-bond acceptors (Lipinski definition) is 3. The number of aromatic nitrogens is 1. The molecule has 62 valence electrons. The summed E-state index contributed by atoms with van der Waals surface area (Å²) in [4.78, 5) is 4.05. The van der Waals surface area contributed by atoms with Gasteiger partial charge in [0.25, 0.3) is 0 Å². The summed E-state index contributed by atoms with van der Waals surface area (Å²) >= 11 is 0. The molecule has 0 aromatic carbocycles. The molecular formula is C9H9NO2. The van der Waals surface area contributed by atoms with Crippen LogP contribution in [0.1, 0.15) is 17.4 Å². The van der Waals surface area contributed by atoms with Gasteiger partial charge in [-0.1, -0.05) is 12.1 Å². The van der Waals surface area contributed by atoms with Gasteiger partial charge in [-0.15, -0.1) is 0 Å². The topological polar surface area (TPSA) is 53.4 Å². The van der Waals surface area contributed by atoms with Crippen LogP contribution in [0.5, 0.6) is 0 Å². The molecule has 1 aliphatic carbocycles. The van der Waals surface area contributed by atoms with E-state index in [1.807, 2.05) is 0 Å². The van der Waals surface area contributed by atoms with Gasteiger partial charge in [-0.3, -0.25) is 4.98 Å². The Morgan fingerprint density at radius 1 is 1.33 bits per heavy atom. The van der Waals surface area contributed by atoms with Crippen molar-refractivity contribution in [3.8, 4) is 0 Å². The summed E-state index contributed by atoms with van der Waals surface area (Å²) in [5.41, 5.74) is 1.42. The third kappa shape index (κ3) is 1.03. The van der Waals surface area contributed by atoms with E-state index in [0.29, 0.717) is 5.56 Å². The molecule has 2 atom stereocenters. The molecule has 3 heteroatoms. The van der Waals surface area contributed by atoms with Gasteiger partial charge in [-0.25, -0.2) is 0 Å². The Labute approximate surface area is 70.0 Å². The lowest BCUT2D eigenvalue weighted by Gasteiger charge is -2.20. The largest absolute Gasteiger partial charge is 0.386 e. The van der Waals surface area contributed by atoms with E-state index in [2.05, 4.69) is 4.98 Å². The van der Waals surface area contributed by atoms with Gasteiger partial charge in [-0.05, 0) is 12.1 Å². The highest BCUT2D eigenvalue weighted by Gasteiger charge is 2.21. The molecule has 1 heterocycles. The zero-order chi connectivity index (χ0) is 8.55. The molecule has 0 fully saturated rings. The van der Waals surface area contributed by atoms with Crippen LogP contribution in [-0.2, 0) is 0 Å². The van der Waals surface area contributed by atoms with Gasteiger partial charge in [0.1, 0.15) is 12.2 Å². The van der Waals surface area contributed by atoms with E-state index in [4.69, 9.17) is 0 Å². The first kappa shape index (κ1) is 7.46. The number of aliphatic hydroxyl groups excluding tert-OH is 2. The van der Waals surface area contributed by atoms with Crippen LogP contribution >= 0.6 is 0 Å². The van der Waals surface area contributed by atoms with Crippen molar-refractivity contribution < 1.29 is 10.2 Å². The number of rotatable bonds is 0. The molecule has 12 heavy (non-hydrogen) atoms. The predicted octanol–water partition coefficient (Wildman–Crippen LogP) is 0.503. The maximum absolute atomic E-state index is 9.49. The predicted molar refractivity (Wildman–Crippen MR) is 44.2 cm³/mol. The molecule has 0 saturated heterocycles. The highest BCUT2D eigenvalue weighted by atomic mass is 16.3. The van der Waals surface area contributed by atoms with E-state index in [0.717, 1.165) is 5.69 Å². The average molecular weight is 163 g/mol. The molecule has 2 N–H and O–H groups in total. The van der Waals surface area contributed by atoms with Crippen molar-refractivity contribution in [2.24, 2.45) is 0 Å². The van der Waals surface area contributed by atoms with Crippen LogP contribution in [0, 0.1) is 0 Å². The molecule has 1 aliphatic rings. The summed E-state index contributed by atoms with van der Waals surface area (Å²) in [6, 6.07) is 3.51. The van der Waals surface area contributed by atoms with Crippen molar-refractivity contribution in [1.29, 1.82) is 0 Å². The fraction of sp³-hybridized carbons (Fsp3) is 0.222. The second kappa shape index (κ2) is 2.69. The number of nitrogens with zero attached hydrogens (tertiary/aromatic N) is 1. The number of pyridine rings is 1. The molecule has 1 aromatic heterocycles. The first-order chi connectivity index (χ1) is 5.79. The molecule has 1 aromatic rings. The zero-order valence-electron chi connectivity index (χ0n) is 6.38. The van der Waals surface area contributed by atoms with Crippen molar-refractivity contribution in [3.63, 3.8) is 0 Å². The Kier molecular flexibility index (Phi) is 1.67. The molecular weight excluding hydrogens is 154 g/mol. The summed E-state index contributed by atoms with van der Waals surface area (Å²) in [7, 11) is 0. The SMILES string of the molecule is O[C@@H]1c2cccnc2C=C[C@@H]1O. The number of fused-ring (bicyclic) bond motifs is 1. The van der Waals surface area contributed by atoms with Crippen molar-refractivity contribution in [3.05, 3.63) is 35.7 Å². The summed E-state index contributed by atoms with van der Waals surface area (Å²) in [5, 5.41) is 18.7. The zero-order valence-corrected chi connectivity index (χ0v) is 6.38. The minimum absolute atomic E-state index is 0.688. The molecule has 0 aliphatic heterocycles. The van der Waals surface area contributed by atoms with Gasteiger partial charge >= 0.3 is 0 Å². The second-order valence-electron chi connectivity index (χ2n) is 2.77. The van der Waals surface area contributed by atoms with Crippen LogP contribution in [0.25, 0.3) is 6.08 Å². The summed E-state index contributed by atoms with van der Waals surface area (Å²) in [6.07, 6.45) is 3.28. The molecule has 0 radical (unpaired) electrons. The van der Waals surface area contributed by atoms with E-state index in [-0.39, 0.29) is 0 Å². The van der Waals surface area contributed by atoms with Crippen molar-refractivity contribution >= 4 is 6.08 Å². The van der Waals surface area contributed by atoms with Crippen LogP contribution in [-0.4, -0.2) is 21.3 Å². The van der Waals surface area contributed by atoms with Crippen LogP contribution in [0.4, 0.5) is 0 Å². The Morgan fingerprint density at radius 3 is 3.00 bits per heavy atom. The Balaban J connectivity index is 2.52. The standard InChI is InChI=1S/C9H9NO2/c11-8-4-3-7-6(9(8)12)2-1-5-10-7/h1-5,8-9,11-12H/t8-,9+/m0/s1. The lowest BCUT2D eigenvalue weighted by Crippen LogP contribution is -2.19. The maximum Gasteiger partial charge on any atom is 0.111 e. The molecule has 0 unspecified atom stereocenters. The van der Waals surface area contributed by atoms with E-state index < -0.39 is 12.2 Å². The fourth-order valence-electron chi connectivity index (χ4n) is 1.30. The summed E-state index contributed by atoms with van der Waals surface area (Å²) in [6.45, 7) is 0. The third-order valence-electron chi connectivity index (χ3n) is 1.96. The molecule has 0 spiro atoms. The lowest BCUT2D eigenvalue weighted by molar-refractivity contribution is 0.0467. The monoisotopic (exact) mass is 163 g/mol. The van der Waals surface area contributed by atoms with Crippen molar-refractivity contribution in [2.45, 2.75) is 12.2 Å². The van der Waals surface area contributed by atoms with Gasteiger partial charge in [0.05, 0.1) is 5.69 Å². The van der Waals surface area contributed by atoms with Crippen LogP contribution in [0.15, 0.2) is 24.4 Å². The summed E-state index contributed by atoms with van der Waals surface area (Å²) < 4.78 is 0. The maximum atomic E-state index is 9.49. The van der Waals surface area contributed by atoms with E-state index >= 15 is 0 Å². The molecule has 3 nitrogen and oxygen atoms in total. The van der Waals surface area contributed by atoms with E-state index in [9.17, 15) is 10.2 Å². The Bertz CT molecular complexity index is 322. The minimum atomic E-state index is -0.835. The lowest BCUT2D eigenvalue weighted by atomic mass is 9.97. The first-order valence-corrected chi connectivity index (χ1v) is 3.78. The van der Waals surface area contributed by atoms with Crippen molar-refractivity contribution in [1.82, 2.24) is 4.98 Å². The molecule has 0 bridgehead atoms. The van der Waals surface area contributed by atoms with Gasteiger partial charge in [0, 0.05) is 11.8 Å². The second-order valence-corrected chi connectivity index (χ2v) is 2.77. The average Bonchev–Trinajstić information content (AvgIpc) is 2.12. The Morgan fingerprint density at radius 2 is 2.17 bits per heavy atom. The Hall–Kier alpha value is -1.19. The normalized spacial score (nSPS) is 26.8. The van der Waals surface area contributed by atoms with Gasteiger partial charge in [-0.2, -0.15) is 0 Å². The van der Waals surface area contributed by atoms with E-state index in [1.54, 1.807) is 30.5 Å².